The zero-order chi connectivity index (χ0) is 10.6. The van der Waals surface area contributed by atoms with Crippen molar-refractivity contribution in [1.82, 2.24) is 0 Å². The van der Waals surface area contributed by atoms with Gasteiger partial charge in [0.05, 0.1) is 0 Å². The molecule has 0 N–H and O–H groups in total. The topological polar surface area (TPSA) is 0 Å². The van der Waals surface area contributed by atoms with Gasteiger partial charge in [-0.05, 0) is 18.3 Å². The Hall–Kier alpha value is -0.210. The lowest BCUT2D eigenvalue weighted by Gasteiger charge is -2.15. The Kier molecular flexibility index (Phi) is 4.27. The Morgan fingerprint density at radius 1 is 1.07 bits per heavy atom. The van der Waals surface area contributed by atoms with Crippen LogP contribution in [0.15, 0.2) is 0 Å². The summed E-state index contributed by atoms with van der Waals surface area (Å²) in [5, 5.41) is 0. The summed E-state index contributed by atoms with van der Waals surface area (Å²) in [6, 6.07) is 0. The fourth-order valence-corrected chi connectivity index (χ4v) is 2.22. The van der Waals surface area contributed by atoms with Gasteiger partial charge in [-0.3, -0.25) is 0 Å². The van der Waals surface area contributed by atoms with Crippen molar-refractivity contribution in [2.45, 2.75) is 58.0 Å². The molecule has 1 aliphatic carbocycles. The Balaban J connectivity index is 2.24. The van der Waals surface area contributed by atoms with Gasteiger partial charge in [0, 0.05) is 6.42 Å². The van der Waals surface area contributed by atoms with E-state index < -0.39 is 12.6 Å². The van der Waals surface area contributed by atoms with E-state index in [9.17, 15) is 13.2 Å². The number of halogens is 3. The normalized spacial score (nSPS) is 30.0. The molecule has 0 radical (unpaired) electrons. The molecule has 0 aromatic rings. The van der Waals surface area contributed by atoms with Gasteiger partial charge in [0.25, 0.3) is 0 Å². The molecule has 84 valence electrons. The van der Waals surface area contributed by atoms with Crippen molar-refractivity contribution < 1.29 is 13.2 Å². The molecule has 1 saturated carbocycles. The molecular weight excluding hydrogens is 189 g/mol. The van der Waals surface area contributed by atoms with Crippen molar-refractivity contribution in [2.24, 2.45) is 11.8 Å². The van der Waals surface area contributed by atoms with Gasteiger partial charge in [0.2, 0.25) is 0 Å². The van der Waals surface area contributed by atoms with Crippen LogP contribution in [0.5, 0.6) is 0 Å². The molecule has 0 aromatic heterocycles. The largest absolute Gasteiger partial charge is 0.389 e. The highest BCUT2D eigenvalue weighted by Gasteiger charge is 2.28. The summed E-state index contributed by atoms with van der Waals surface area (Å²) in [7, 11) is 0. The second kappa shape index (κ2) is 5.04. The van der Waals surface area contributed by atoms with Gasteiger partial charge in [-0.15, -0.1) is 0 Å². The Morgan fingerprint density at radius 2 is 1.79 bits per heavy atom. The predicted octanol–water partition coefficient (Wildman–Crippen LogP) is 4.55. The van der Waals surface area contributed by atoms with Crippen LogP contribution in [0.1, 0.15) is 51.9 Å². The molecule has 0 saturated heterocycles. The van der Waals surface area contributed by atoms with E-state index in [2.05, 4.69) is 6.92 Å². The molecule has 0 aromatic carbocycles. The van der Waals surface area contributed by atoms with Crippen molar-refractivity contribution in [3.05, 3.63) is 0 Å². The third-order valence-corrected chi connectivity index (χ3v) is 3.21. The minimum Gasteiger partial charge on any atom is -0.171 e. The van der Waals surface area contributed by atoms with Crippen LogP contribution in [0, 0.1) is 11.8 Å². The molecular formula is C11H19F3. The van der Waals surface area contributed by atoms with Crippen LogP contribution < -0.4 is 0 Å². The molecule has 2 unspecified atom stereocenters. The number of alkyl halides is 3. The predicted molar refractivity (Wildman–Crippen MR) is 51.0 cm³/mol. The molecule has 0 aliphatic heterocycles. The van der Waals surface area contributed by atoms with Gasteiger partial charge < -0.3 is 0 Å². The van der Waals surface area contributed by atoms with E-state index in [0.717, 1.165) is 25.7 Å². The maximum Gasteiger partial charge on any atom is 0.389 e. The van der Waals surface area contributed by atoms with Crippen molar-refractivity contribution >= 4 is 0 Å². The summed E-state index contributed by atoms with van der Waals surface area (Å²) in [5.41, 5.74) is 0. The maximum absolute atomic E-state index is 12.0. The third-order valence-electron chi connectivity index (χ3n) is 3.21. The van der Waals surface area contributed by atoms with E-state index in [1.54, 1.807) is 0 Å². The van der Waals surface area contributed by atoms with Crippen LogP contribution in [0.4, 0.5) is 13.2 Å². The number of hydrogen-bond acceptors (Lipinski definition) is 0. The van der Waals surface area contributed by atoms with Crippen LogP contribution in [0.2, 0.25) is 0 Å². The summed E-state index contributed by atoms with van der Waals surface area (Å²) in [6.45, 7) is 2.20. The van der Waals surface area contributed by atoms with Crippen LogP contribution in [0.25, 0.3) is 0 Å². The van der Waals surface area contributed by atoms with Crippen LogP contribution >= 0.6 is 0 Å². The molecule has 0 amide bonds. The van der Waals surface area contributed by atoms with E-state index in [1.807, 2.05) is 0 Å². The van der Waals surface area contributed by atoms with Crippen molar-refractivity contribution in [1.29, 1.82) is 0 Å². The molecule has 0 heterocycles. The molecule has 0 bridgehead atoms. The standard InChI is InChI=1S/C11H19F3/c1-9-3-2-4-10(6-5-9)7-8-11(12,13)14/h9-10H,2-8H2,1H3. The van der Waals surface area contributed by atoms with Crippen molar-refractivity contribution in [3.63, 3.8) is 0 Å². The molecule has 1 rings (SSSR count). The Labute approximate surface area is 83.9 Å². The second-order valence-electron chi connectivity index (χ2n) is 4.63. The fraction of sp³-hybridized carbons (Fsp3) is 1.00. The molecule has 1 aliphatic rings. The fourth-order valence-electron chi connectivity index (χ4n) is 2.22. The molecule has 0 spiro atoms. The summed E-state index contributed by atoms with van der Waals surface area (Å²) in [5.74, 6) is 1.03. The van der Waals surface area contributed by atoms with Crippen molar-refractivity contribution in [3.8, 4) is 0 Å². The number of rotatable bonds is 2. The quantitative estimate of drug-likeness (QED) is 0.584. The molecule has 0 nitrogen and oxygen atoms in total. The van der Waals surface area contributed by atoms with Gasteiger partial charge >= 0.3 is 6.18 Å². The summed E-state index contributed by atoms with van der Waals surface area (Å²) in [6.07, 6.45) is 1.21. The zero-order valence-electron chi connectivity index (χ0n) is 8.74. The molecule has 2 atom stereocenters. The zero-order valence-corrected chi connectivity index (χ0v) is 8.74. The Bertz CT molecular complexity index is 162. The average Bonchev–Trinajstić information content (AvgIpc) is 2.25. The molecule has 3 heteroatoms. The smallest absolute Gasteiger partial charge is 0.171 e. The maximum atomic E-state index is 12.0. The first-order valence-electron chi connectivity index (χ1n) is 5.54. The first-order valence-corrected chi connectivity index (χ1v) is 5.54. The second-order valence-corrected chi connectivity index (χ2v) is 4.63. The Morgan fingerprint density at radius 3 is 2.43 bits per heavy atom. The summed E-state index contributed by atoms with van der Waals surface area (Å²) in [4.78, 5) is 0. The van der Waals surface area contributed by atoms with Gasteiger partial charge in [0.1, 0.15) is 0 Å². The van der Waals surface area contributed by atoms with Crippen LogP contribution in [-0.2, 0) is 0 Å². The lowest BCUT2D eigenvalue weighted by atomic mass is 9.94. The third kappa shape index (κ3) is 4.87. The van der Waals surface area contributed by atoms with E-state index in [1.165, 1.54) is 6.42 Å². The van der Waals surface area contributed by atoms with Crippen LogP contribution in [-0.4, -0.2) is 6.18 Å². The van der Waals surface area contributed by atoms with Crippen LogP contribution in [0.3, 0.4) is 0 Å². The minimum atomic E-state index is -3.96. The first-order chi connectivity index (χ1) is 6.47. The summed E-state index contributed by atoms with van der Waals surface area (Å²) < 4.78 is 36.0. The highest BCUT2D eigenvalue weighted by Crippen LogP contribution is 2.32. The van der Waals surface area contributed by atoms with E-state index in [-0.39, 0.29) is 0 Å². The monoisotopic (exact) mass is 208 g/mol. The highest BCUT2D eigenvalue weighted by atomic mass is 19.4. The van der Waals surface area contributed by atoms with E-state index in [0.29, 0.717) is 18.3 Å². The van der Waals surface area contributed by atoms with Gasteiger partial charge in [-0.25, -0.2) is 0 Å². The molecule has 14 heavy (non-hydrogen) atoms. The van der Waals surface area contributed by atoms with Gasteiger partial charge in [0.15, 0.2) is 0 Å². The van der Waals surface area contributed by atoms with Gasteiger partial charge in [-0.2, -0.15) is 13.2 Å². The van der Waals surface area contributed by atoms with Crippen molar-refractivity contribution in [2.75, 3.05) is 0 Å². The summed E-state index contributed by atoms with van der Waals surface area (Å²) >= 11 is 0. The minimum absolute atomic E-state index is 0.321. The lowest BCUT2D eigenvalue weighted by molar-refractivity contribution is -0.137. The number of hydrogen-bond donors (Lipinski definition) is 0. The molecule has 1 fully saturated rings. The average molecular weight is 208 g/mol. The highest BCUT2D eigenvalue weighted by molar-refractivity contribution is 4.69. The first kappa shape index (κ1) is 11.9. The van der Waals surface area contributed by atoms with E-state index >= 15 is 0 Å². The van der Waals surface area contributed by atoms with Gasteiger partial charge in [-0.1, -0.05) is 39.0 Å². The van der Waals surface area contributed by atoms with E-state index in [4.69, 9.17) is 0 Å². The SMILES string of the molecule is CC1CCCC(CCC(F)(F)F)CC1. The lowest BCUT2D eigenvalue weighted by Crippen LogP contribution is -2.10.